The fourth-order valence-corrected chi connectivity index (χ4v) is 2.35. The normalized spacial score (nSPS) is 11.8. The lowest BCUT2D eigenvalue weighted by atomic mass is 10.1. The quantitative estimate of drug-likeness (QED) is 0.745. The van der Waals surface area contributed by atoms with Crippen LogP contribution in [0, 0.1) is 6.92 Å². The van der Waals surface area contributed by atoms with Crippen LogP contribution in [-0.4, -0.2) is 16.0 Å². The highest BCUT2D eigenvalue weighted by Crippen LogP contribution is 2.21. The molecule has 1 heterocycles. The van der Waals surface area contributed by atoms with E-state index in [0.717, 1.165) is 5.56 Å². The van der Waals surface area contributed by atoms with Crippen LogP contribution in [0.4, 0.5) is 0 Å². The standard InChI is InChI=1S/C19H19N3O3/c1-13(15-6-4-3-5-7-15)24-17-10-8-16(9-11-17)19(23)20-12-18-21-14(2)22-25-18/h3-11,13H,12H2,1-2H3,(H,20,23). The molecule has 0 radical (unpaired) electrons. The molecule has 0 bridgehead atoms. The van der Waals surface area contributed by atoms with Crippen molar-refractivity contribution < 1.29 is 14.1 Å². The summed E-state index contributed by atoms with van der Waals surface area (Å²) in [6.45, 7) is 3.91. The average molecular weight is 337 g/mol. The maximum absolute atomic E-state index is 12.1. The molecule has 3 rings (SSSR count). The molecule has 0 aliphatic heterocycles. The van der Waals surface area contributed by atoms with Gasteiger partial charge in [-0.2, -0.15) is 4.98 Å². The molecule has 1 unspecified atom stereocenters. The minimum absolute atomic E-state index is 0.0679. The van der Waals surface area contributed by atoms with Crippen molar-refractivity contribution in [3.8, 4) is 5.75 Å². The van der Waals surface area contributed by atoms with Crippen molar-refractivity contribution >= 4 is 5.91 Å². The number of amides is 1. The third-order valence-corrected chi connectivity index (χ3v) is 3.67. The van der Waals surface area contributed by atoms with E-state index < -0.39 is 0 Å². The van der Waals surface area contributed by atoms with Crippen molar-refractivity contribution in [1.82, 2.24) is 15.5 Å². The van der Waals surface area contributed by atoms with E-state index in [4.69, 9.17) is 9.26 Å². The molecule has 3 aromatic rings. The molecule has 0 spiro atoms. The lowest BCUT2D eigenvalue weighted by molar-refractivity contribution is 0.0946. The van der Waals surface area contributed by atoms with Crippen LogP contribution < -0.4 is 10.1 Å². The first kappa shape index (κ1) is 16.7. The number of hydrogen-bond donors (Lipinski definition) is 1. The van der Waals surface area contributed by atoms with E-state index in [1.54, 1.807) is 31.2 Å². The molecule has 128 valence electrons. The van der Waals surface area contributed by atoms with Gasteiger partial charge in [-0.1, -0.05) is 35.5 Å². The number of nitrogens with zero attached hydrogens (tertiary/aromatic N) is 2. The van der Waals surface area contributed by atoms with Crippen molar-refractivity contribution in [1.29, 1.82) is 0 Å². The number of rotatable bonds is 6. The molecule has 0 fully saturated rings. The number of ether oxygens (including phenoxy) is 1. The summed E-state index contributed by atoms with van der Waals surface area (Å²) in [5.74, 6) is 1.42. The van der Waals surface area contributed by atoms with Gasteiger partial charge >= 0.3 is 0 Å². The van der Waals surface area contributed by atoms with E-state index in [0.29, 0.717) is 23.0 Å². The predicted octanol–water partition coefficient (Wildman–Crippen LogP) is 3.45. The molecule has 0 saturated heterocycles. The van der Waals surface area contributed by atoms with Crippen LogP contribution in [0.3, 0.4) is 0 Å². The van der Waals surface area contributed by atoms with Crippen LogP contribution in [0.1, 0.15) is 40.7 Å². The van der Waals surface area contributed by atoms with Crippen molar-refractivity contribution in [3.05, 3.63) is 77.4 Å². The van der Waals surface area contributed by atoms with E-state index in [2.05, 4.69) is 15.5 Å². The largest absolute Gasteiger partial charge is 0.486 e. The van der Waals surface area contributed by atoms with Gasteiger partial charge in [0.15, 0.2) is 5.82 Å². The molecular formula is C19H19N3O3. The third kappa shape index (κ3) is 4.44. The van der Waals surface area contributed by atoms with Gasteiger partial charge in [-0.25, -0.2) is 0 Å². The van der Waals surface area contributed by atoms with Crippen LogP contribution >= 0.6 is 0 Å². The van der Waals surface area contributed by atoms with Gasteiger partial charge in [0.1, 0.15) is 11.9 Å². The molecule has 25 heavy (non-hydrogen) atoms. The average Bonchev–Trinajstić information content (AvgIpc) is 3.06. The summed E-state index contributed by atoms with van der Waals surface area (Å²) in [4.78, 5) is 16.2. The fourth-order valence-electron chi connectivity index (χ4n) is 2.35. The lowest BCUT2D eigenvalue weighted by Gasteiger charge is -2.15. The Labute approximate surface area is 145 Å². The van der Waals surface area contributed by atoms with Gasteiger partial charge in [0.05, 0.1) is 6.54 Å². The van der Waals surface area contributed by atoms with E-state index in [1.165, 1.54) is 0 Å². The van der Waals surface area contributed by atoms with Crippen LogP contribution in [0.2, 0.25) is 0 Å². The van der Waals surface area contributed by atoms with Gasteiger partial charge in [0.2, 0.25) is 5.89 Å². The minimum atomic E-state index is -0.210. The Morgan fingerprint density at radius 2 is 1.88 bits per heavy atom. The fraction of sp³-hybridized carbons (Fsp3) is 0.211. The highest BCUT2D eigenvalue weighted by atomic mass is 16.5. The van der Waals surface area contributed by atoms with E-state index in [9.17, 15) is 4.79 Å². The zero-order chi connectivity index (χ0) is 17.6. The Bertz CT molecular complexity index is 829. The Morgan fingerprint density at radius 1 is 1.16 bits per heavy atom. The van der Waals surface area contributed by atoms with E-state index in [-0.39, 0.29) is 18.6 Å². The second kappa shape index (κ2) is 7.61. The van der Waals surface area contributed by atoms with Crippen molar-refractivity contribution in [2.75, 3.05) is 0 Å². The summed E-state index contributed by atoms with van der Waals surface area (Å²) in [5, 5.41) is 6.42. The van der Waals surface area contributed by atoms with Crippen LogP contribution in [0.25, 0.3) is 0 Å². The molecule has 0 aliphatic rings. The zero-order valence-electron chi connectivity index (χ0n) is 14.1. The summed E-state index contributed by atoms with van der Waals surface area (Å²) < 4.78 is 10.9. The first-order valence-electron chi connectivity index (χ1n) is 8.01. The number of nitrogens with one attached hydrogen (secondary N) is 1. The smallest absolute Gasteiger partial charge is 0.251 e. The summed E-state index contributed by atoms with van der Waals surface area (Å²) >= 11 is 0. The monoisotopic (exact) mass is 337 g/mol. The van der Waals surface area contributed by atoms with Gasteiger partial charge in [-0.05, 0) is 43.7 Å². The number of carbonyl (C=O) groups excluding carboxylic acids is 1. The highest BCUT2D eigenvalue weighted by Gasteiger charge is 2.10. The van der Waals surface area contributed by atoms with Gasteiger partial charge < -0.3 is 14.6 Å². The Kier molecular flexibility index (Phi) is 5.09. The van der Waals surface area contributed by atoms with E-state index >= 15 is 0 Å². The molecule has 1 N–H and O–H groups in total. The van der Waals surface area contributed by atoms with Crippen molar-refractivity contribution in [2.45, 2.75) is 26.5 Å². The molecule has 1 aromatic heterocycles. The Morgan fingerprint density at radius 3 is 2.52 bits per heavy atom. The first-order chi connectivity index (χ1) is 12.1. The van der Waals surface area contributed by atoms with Crippen LogP contribution in [0.15, 0.2) is 59.1 Å². The van der Waals surface area contributed by atoms with Crippen LogP contribution in [0.5, 0.6) is 5.75 Å². The Hall–Kier alpha value is -3.15. The van der Waals surface area contributed by atoms with Gasteiger partial charge in [0.25, 0.3) is 5.91 Å². The summed E-state index contributed by atoms with van der Waals surface area (Å²) in [5.41, 5.74) is 1.63. The van der Waals surface area contributed by atoms with Gasteiger partial charge in [-0.15, -0.1) is 0 Å². The maximum Gasteiger partial charge on any atom is 0.251 e. The molecule has 6 heteroatoms. The first-order valence-corrected chi connectivity index (χ1v) is 8.01. The molecule has 1 amide bonds. The van der Waals surface area contributed by atoms with E-state index in [1.807, 2.05) is 37.3 Å². The molecular weight excluding hydrogens is 318 g/mol. The minimum Gasteiger partial charge on any atom is -0.486 e. The number of benzene rings is 2. The van der Waals surface area contributed by atoms with Gasteiger partial charge in [-0.3, -0.25) is 4.79 Å². The number of carbonyl (C=O) groups is 1. The topological polar surface area (TPSA) is 77.2 Å². The molecule has 6 nitrogen and oxygen atoms in total. The summed E-state index contributed by atoms with van der Waals surface area (Å²) in [7, 11) is 0. The maximum atomic E-state index is 12.1. The van der Waals surface area contributed by atoms with Crippen LogP contribution in [-0.2, 0) is 6.54 Å². The van der Waals surface area contributed by atoms with Gasteiger partial charge in [0, 0.05) is 5.56 Å². The molecule has 1 atom stereocenters. The predicted molar refractivity (Wildman–Crippen MR) is 92.1 cm³/mol. The number of aryl methyl sites for hydroxylation is 1. The summed E-state index contributed by atoms with van der Waals surface area (Å²) in [6.07, 6.45) is -0.0679. The molecule has 2 aromatic carbocycles. The SMILES string of the molecule is Cc1noc(CNC(=O)c2ccc(OC(C)c3ccccc3)cc2)n1. The third-order valence-electron chi connectivity index (χ3n) is 3.67. The number of hydrogen-bond acceptors (Lipinski definition) is 5. The number of aromatic nitrogens is 2. The second-order valence-electron chi connectivity index (χ2n) is 5.61. The second-order valence-corrected chi connectivity index (χ2v) is 5.61. The molecule has 0 saturated carbocycles. The van der Waals surface area contributed by atoms with Crippen molar-refractivity contribution in [3.63, 3.8) is 0 Å². The highest BCUT2D eigenvalue weighted by molar-refractivity contribution is 5.94. The van der Waals surface area contributed by atoms with Crippen molar-refractivity contribution in [2.24, 2.45) is 0 Å². The molecule has 0 aliphatic carbocycles. The summed E-state index contributed by atoms with van der Waals surface area (Å²) in [6, 6.07) is 17.0. The zero-order valence-corrected chi connectivity index (χ0v) is 14.1. The Balaban J connectivity index is 1.57. The lowest BCUT2D eigenvalue weighted by Crippen LogP contribution is -2.22.